The van der Waals surface area contributed by atoms with E-state index in [4.69, 9.17) is 6.42 Å². The number of H-pyrrole nitrogens is 1. The normalized spacial score (nSPS) is 28.2. The van der Waals surface area contributed by atoms with Crippen molar-refractivity contribution >= 4 is 0 Å². The van der Waals surface area contributed by atoms with Crippen LogP contribution in [0.5, 0.6) is 0 Å². The number of pyridine rings is 1. The number of nitrogens with one attached hydrogen (secondary N) is 1. The molecule has 5 rings (SSSR count). The molecule has 5 heteroatoms. The van der Waals surface area contributed by atoms with Gasteiger partial charge in [-0.1, -0.05) is 36.3 Å². The number of aromatic nitrogens is 1. The molecule has 0 aliphatic carbocycles. The predicted molar refractivity (Wildman–Crippen MR) is 113 cm³/mol. The summed E-state index contributed by atoms with van der Waals surface area (Å²) in [4.78, 5) is 18.9. The number of fused-ring (bicyclic) bond motifs is 3. The predicted octanol–water partition coefficient (Wildman–Crippen LogP) is 1.81. The molecule has 1 unspecified atom stereocenters. The number of aliphatic hydroxyl groups is 2. The van der Waals surface area contributed by atoms with Crippen molar-refractivity contribution < 1.29 is 10.2 Å². The summed E-state index contributed by atoms with van der Waals surface area (Å²) in [6.45, 7) is 1.79. The second-order valence-electron chi connectivity index (χ2n) is 8.21. The quantitative estimate of drug-likeness (QED) is 0.656. The summed E-state index contributed by atoms with van der Waals surface area (Å²) in [5.74, 6) is 2.76. The van der Waals surface area contributed by atoms with Crippen molar-refractivity contribution in [1.82, 2.24) is 9.88 Å². The zero-order valence-corrected chi connectivity index (χ0v) is 16.6. The molecule has 0 saturated carbocycles. The van der Waals surface area contributed by atoms with Gasteiger partial charge in [0.1, 0.15) is 11.6 Å². The van der Waals surface area contributed by atoms with Gasteiger partial charge in [0.05, 0.1) is 5.56 Å². The van der Waals surface area contributed by atoms with Crippen LogP contribution in [-0.4, -0.2) is 45.8 Å². The molecular weight excluding hydrogens is 364 g/mol. The van der Waals surface area contributed by atoms with Crippen LogP contribution in [0, 0.1) is 18.3 Å². The van der Waals surface area contributed by atoms with E-state index in [0.717, 1.165) is 42.9 Å². The summed E-state index contributed by atoms with van der Waals surface area (Å²) in [5, 5.41) is 21.1. The third-order valence-corrected chi connectivity index (χ3v) is 6.49. The lowest BCUT2D eigenvalue weighted by atomic mass is 9.66. The number of terminal acetylenes is 1. The Morgan fingerprint density at radius 2 is 1.97 bits per heavy atom. The highest BCUT2D eigenvalue weighted by Crippen LogP contribution is 2.46. The van der Waals surface area contributed by atoms with Gasteiger partial charge in [-0.15, -0.1) is 6.42 Å². The molecule has 4 heterocycles. The molecule has 0 radical (unpaired) electrons. The second kappa shape index (κ2) is 8.16. The summed E-state index contributed by atoms with van der Waals surface area (Å²) in [6, 6.07) is 11.0. The third-order valence-electron chi connectivity index (χ3n) is 6.49. The van der Waals surface area contributed by atoms with Crippen LogP contribution in [0.25, 0.3) is 0 Å². The van der Waals surface area contributed by atoms with Crippen molar-refractivity contribution in [3.8, 4) is 12.3 Å². The van der Waals surface area contributed by atoms with Crippen LogP contribution in [-0.2, 0) is 18.4 Å². The van der Waals surface area contributed by atoms with Gasteiger partial charge in [-0.3, -0.25) is 9.69 Å². The second-order valence-corrected chi connectivity index (χ2v) is 8.21. The van der Waals surface area contributed by atoms with Crippen molar-refractivity contribution in [3.63, 3.8) is 0 Å². The molecule has 152 valence electrons. The molecule has 2 atom stereocenters. The molecule has 1 aromatic heterocycles. The van der Waals surface area contributed by atoms with Crippen LogP contribution in [0.15, 0.2) is 41.2 Å². The Morgan fingerprint density at radius 1 is 1.24 bits per heavy atom. The zero-order valence-electron chi connectivity index (χ0n) is 16.6. The smallest absolute Gasteiger partial charge is 0.188 e. The number of hydrogen-bond acceptors (Lipinski definition) is 4. The van der Waals surface area contributed by atoms with E-state index in [-0.39, 0.29) is 18.0 Å². The molecule has 3 aliphatic rings. The Hall–Kier alpha value is -2.39. The van der Waals surface area contributed by atoms with E-state index in [1.54, 1.807) is 6.07 Å². The van der Waals surface area contributed by atoms with Gasteiger partial charge < -0.3 is 15.2 Å². The van der Waals surface area contributed by atoms with E-state index >= 15 is 0 Å². The van der Waals surface area contributed by atoms with Crippen LogP contribution in [0.4, 0.5) is 0 Å². The Balaban J connectivity index is 1.85. The van der Waals surface area contributed by atoms with Crippen LogP contribution < -0.4 is 5.43 Å². The maximum absolute atomic E-state index is 13.3. The van der Waals surface area contributed by atoms with Crippen molar-refractivity contribution in [2.24, 2.45) is 5.92 Å². The highest BCUT2D eigenvalue weighted by Gasteiger charge is 2.55. The first kappa shape index (κ1) is 19.9. The molecule has 2 bridgehead atoms. The molecule has 29 heavy (non-hydrogen) atoms. The average Bonchev–Trinajstić information content (AvgIpc) is 2.73. The highest BCUT2D eigenvalue weighted by molar-refractivity contribution is 5.39. The number of nitrogens with zero attached hydrogens (tertiary/aromatic N) is 1. The SMILES string of the molecule is C#CC1N2CCC(CC2)[C@@]1(O)c1c(Cc2ccccc2)[nH]c(CCCO)cc1=O. The van der Waals surface area contributed by atoms with E-state index < -0.39 is 11.6 Å². The minimum atomic E-state index is -1.35. The lowest BCUT2D eigenvalue weighted by Crippen LogP contribution is -2.64. The summed E-state index contributed by atoms with van der Waals surface area (Å²) < 4.78 is 0. The fourth-order valence-electron chi connectivity index (χ4n) is 5.12. The minimum absolute atomic E-state index is 0.0209. The molecule has 5 nitrogen and oxygen atoms in total. The number of aliphatic hydroxyl groups excluding tert-OH is 1. The molecule has 3 N–H and O–H groups in total. The van der Waals surface area contributed by atoms with E-state index in [1.165, 1.54) is 0 Å². The number of rotatable bonds is 6. The minimum Gasteiger partial charge on any atom is -0.396 e. The molecule has 0 spiro atoms. The van der Waals surface area contributed by atoms with Crippen molar-refractivity contribution in [3.05, 3.63) is 69.1 Å². The van der Waals surface area contributed by atoms with Gasteiger partial charge >= 0.3 is 0 Å². The third kappa shape index (κ3) is 3.53. The molecule has 0 amide bonds. The molecule has 3 saturated heterocycles. The van der Waals surface area contributed by atoms with Gasteiger partial charge in [0.15, 0.2) is 5.43 Å². The monoisotopic (exact) mass is 392 g/mol. The highest BCUT2D eigenvalue weighted by atomic mass is 16.3. The van der Waals surface area contributed by atoms with Crippen molar-refractivity contribution in [2.45, 2.75) is 43.7 Å². The molecule has 1 aromatic carbocycles. The first-order chi connectivity index (χ1) is 14.1. The van der Waals surface area contributed by atoms with Gasteiger partial charge in [-0.2, -0.15) is 0 Å². The van der Waals surface area contributed by atoms with Crippen LogP contribution in [0.1, 0.15) is 41.8 Å². The lowest BCUT2D eigenvalue weighted by molar-refractivity contribution is -0.144. The van der Waals surface area contributed by atoms with Gasteiger partial charge in [-0.25, -0.2) is 0 Å². The van der Waals surface area contributed by atoms with Gasteiger partial charge in [0.25, 0.3) is 0 Å². The number of aryl methyl sites for hydroxylation is 1. The maximum Gasteiger partial charge on any atom is 0.188 e. The summed E-state index contributed by atoms with van der Waals surface area (Å²) >= 11 is 0. The van der Waals surface area contributed by atoms with E-state index in [9.17, 15) is 15.0 Å². The maximum atomic E-state index is 13.3. The number of aromatic amines is 1. The fraction of sp³-hybridized carbons (Fsp3) is 0.458. The van der Waals surface area contributed by atoms with Crippen LogP contribution in [0.2, 0.25) is 0 Å². The fourth-order valence-corrected chi connectivity index (χ4v) is 5.12. The molecule has 3 fully saturated rings. The van der Waals surface area contributed by atoms with Crippen LogP contribution in [0.3, 0.4) is 0 Å². The van der Waals surface area contributed by atoms with Crippen molar-refractivity contribution in [2.75, 3.05) is 19.7 Å². The van der Waals surface area contributed by atoms with Crippen LogP contribution >= 0.6 is 0 Å². The van der Waals surface area contributed by atoms with E-state index in [1.807, 2.05) is 30.3 Å². The van der Waals surface area contributed by atoms with E-state index in [0.29, 0.717) is 24.8 Å². The topological polar surface area (TPSA) is 76.6 Å². The van der Waals surface area contributed by atoms with E-state index in [2.05, 4.69) is 15.8 Å². The summed E-state index contributed by atoms with van der Waals surface area (Å²) in [6.07, 6.45) is 9.22. The average molecular weight is 392 g/mol. The van der Waals surface area contributed by atoms with Crippen molar-refractivity contribution in [1.29, 1.82) is 0 Å². The molecular formula is C24H28N2O3. The Bertz CT molecular complexity index is 954. The number of hydrogen-bond donors (Lipinski definition) is 3. The standard InChI is InChI=1S/C24H28N2O3/c1-2-22-24(29,18-10-12-26(22)13-11-18)23-20(15-17-7-4-3-5-8-17)25-19(9-6-14-27)16-21(23)28/h1,3-5,7-8,16,18,22,27,29H,6,9-15H2,(H,25,28)/t22?,24-/m0/s1. The molecule has 2 aromatic rings. The van der Waals surface area contributed by atoms with Gasteiger partial charge in [0, 0.05) is 30.5 Å². The summed E-state index contributed by atoms with van der Waals surface area (Å²) in [7, 11) is 0. The molecule has 3 aliphatic heterocycles. The Kier molecular flexibility index (Phi) is 5.60. The number of benzene rings is 1. The summed E-state index contributed by atoms with van der Waals surface area (Å²) in [5.41, 5.74) is 1.48. The Labute approximate surface area is 171 Å². The Morgan fingerprint density at radius 3 is 2.62 bits per heavy atom. The number of piperidine rings is 3. The first-order valence-electron chi connectivity index (χ1n) is 10.4. The zero-order chi connectivity index (χ0) is 20.4. The van der Waals surface area contributed by atoms with Gasteiger partial charge in [0.2, 0.25) is 0 Å². The largest absolute Gasteiger partial charge is 0.396 e. The lowest BCUT2D eigenvalue weighted by Gasteiger charge is -2.54. The van der Waals surface area contributed by atoms with Gasteiger partial charge in [-0.05, 0) is 50.3 Å². The first-order valence-corrected chi connectivity index (χ1v) is 10.4.